The standard InChI is InChI=1S/C25H18F2N4O2S/c26-16-10-11-18(27)20(13-16)28-22(32)14-34-25-29-19-9-5-4-8-17(19)23-30-24(33)21(31(23)25)12-15-6-2-1-3-7-15/h1-11,13,21H,12,14H2,(H,28,32). The summed E-state index contributed by atoms with van der Waals surface area (Å²) in [5.74, 6) is -1.82. The van der Waals surface area contributed by atoms with E-state index in [0.29, 0.717) is 23.1 Å². The van der Waals surface area contributed by atoms with Gasteiger partial charge < -0.3 is 5.32 Å². The number of amidine groups is 2. The average Bonchev–Trinajstić information content (AvgIpc) is 3.17. The lowest BCUT2D eigenvalue weighted by Crippen LogP contribution is -2.45. The fourth-order valence-corrected chi connectivity index (χ4v) is 4.70. The maximum Gasteiger partial charge on any atom is 0.271 e. The minimum atomic E-state index is -0.730. The van der Waals surface area contributed by atoms with Crippen molar-refractivity contribution in [1.82, 2.24) is 4.90 Å². The van der Waals surface area contributed by atoms with E-state index in [1.807, 2.05) is 54.6 Å². The van der Waals surface area contributed by atoms with Gasteiger partial charge in [-0.2, -0.15) is 4.99 Å². The van der Waals surface area contributed by atoms with Gasteiger partial charge in [-0.1, -0.05) is 54.2 Å². The van der Waals surface area contributed by atoms with Gasteiger partial charge in [0.1, 0.15) is 23.5 Å². The van der Waals surface area contributed by atoms with Crippen molar-refractivity contribution in [3.8, 4) is 0 Å². The molecule has 2 amide bonds. The summed E-state index contributed by atoms with van der Waals surface area (Å²) in [6.07, 6.45) is 0.426. The lowest BCUT2D eigenvalue weighted by atomic mass is 10.0. The second-order valence-electron chi connectivity index (χ2n) is 7.72. The van der Waals surface area contributed by atoms with Gasteiger partial charge in [0, 0.05) is 18.1 Å². The quantitative estimate of drug-likeness (QED) is 0.587. The van der Waals surface area contributed by atoms with Crippen LogP contribution in [0.2, 0.25) is 0 Å². The number of hydrogen-bond donors (Lipinski definition) is 1. The molecule has 1 N–H and O–H groups in total. The molecule has 6 nitrogen and oxygen atoms in total. The summed E-state index contributed by atoms with van der Waals surface area (Å²) in [6, 6.07) is 19.2. The van der Waals surface area contributed by atoms with Crippen molar-refractivity contribution >= 4 is 46.0 Å². The SMILES string of the molecule is O=C(CSC1=Nc2ccccc2C2=NC(=O)C(Cc3ccccc3)N12)Nc1cc(F)ccc1F. The Hall–Kier alpha value is -3.85. The molecule has 2 heterocycles. The lowest BCUT2D eigenvalue weighted by Gasteiger charge is -2.31. The van der Waals surface area contributed by atoms with Gasteiger partial charge in [0.15, 0.2) is 5.17 Å². The second-order valence-corrected chi connectivity index (χ2v) is 8.66. The fourth-order valence-electron chi connectivity index (χ4n) is 3.85. The van der Waals surface area contributed by atoms with Crippen LogP contribution in [0.3, 0.4) is 0 Å². The Labute approximate surface area is 198 Å². The molecule has 0 radical (unpaired) electrons. The maximum atomic E-state index is 13.9. The maximum absolute atomic E-state index is 13.9. The van der Waals surface area contributed by atoms with Crippen LogP contribution in [0.4, 0.5) is 20.2 Å². The molecule has 170 valence electrons. The number of hydrogen-bond acceptors (Lipinski definition) is 5. The van der Waals surface area contributed by atoms with E-state index in [4.69, 9.17) is 0 Å². The largest absolute Gasteiger partial charge is 0.323 e. The Morgan fingerprint density at radius 1 is 1.00 bits per heavy atom. The number of rotatable bonds is 5. The highest BCUT2D eigenvalue weighted by molar-refractivity contribution is 8.14. The van der Waals surface area contributed by atoms with Crippen LogP contribution in [-0.4, -0.2) is 39.5 Å². The first kappa shape index (κ1) is 22.0. The number of carbonyl (C=O) groups excluding carboxylic acids is 2. The van der Waals surface area contributed by atoms with Crippen LogP contribution in [0.25, 0.3) is 0 Å². The molecule has 0 aliphatic carbocycles. The highest BCUT2D eigenvalue weighted by Gasteiger charge is 2.41. The normalized spacial score (nSPS) is 16.5. The summed E-state index contributed by atoms with van der Waals surface area (Å²) in [7, 11) is 0. The van der Waals surface area contributed by atoms with Crippen LogP contribution in [0.5, 0.6) is 0 Å². The monoisotopic (exact) mass is 476 g/mol. The molecule has 0 spiro atoms. The summed E-state index contributed by atoms with van der Waals surface area (Å²) in [4.78, 5) is 36.2. The van der Waals surface area contributed by atoms with Crippen LogP contribution in [0.15, 0.2) is 82.8 Å². The molecule has 0 saturated carbocycles. The molecule has 1 unspecified atom stereocenters. The predicted octanol–water partition coefficient (Wildman–Crippen LogP) is 4.54. The topological polar surface area (TPSA) is 74.1 Å². The van der Waals surface area contributed by atoms with Gasteiger partial charge in [-0.3, -0.25) is 14.5 Å². The Balaban J connectivity index is 1.40. The molecule has 2 aliphatic rings. The molecule has 34 heavy (non-hydrogen) atoms. The molecule has 5 rings (SSSR count). The molecular weight excluding hydrogens is 458 g/mol. The van der Waals surface area contributed by atoms with Crippen molar-refractivity contribution < 1.29 is 18.4 Å². The highest BCUT2D eigenvalue weighted by atomic mass is 32.2. The number of carbonyl (C=O) groups is 2. The number of anilines is 1. The number of thioether (sulfide) groups is 1. The third kappa shape index (κ3) is 4.34. The van der Waals surface area contributed by atoms with Crippen LogP contribution < -0.4 is 5.32 Å². The summed E-state index contributed by atoms with van der Waals surface area (Å²) in [6.45, 7) is 0. The fraction of sp³-hybridized carbons (Fsp3) is 0.120. The second kappa shape index (κ2) is 9.18. The third-order valence-corrected chi connectivity index (χ3v) is 6.37. The Morgan fingerprint density at radius 3 is 2.59 bits per heavy atom. The number of benzene rings is 3. The van der Waals surface area contributed by atoms with Crippen LogP contribution in [0, 0.1) is 11.6 Å². The van der Waals surface area contributed by atoms with E-state index in [0.717, 1.165) is 41.1 Å². The first-order chi connectivity index (χ1) is 16.5. The third-order valence-electron chi connectivity index (χ3n) is 5.41. The van der Waals surface area contributed by atoms with E-state index >= 15 is 0 Å². The van der Waals surface area contributed by atoms with E-state index in [2.05, 4.69) is 15.3 Å². The molecule has 3 aromatic rings. The number of para-hydroxylation sites is 1. The molecule has 9 heteroatoms. The van der Waals surface area contributed by atoms with Crippen LogP contribution in [-0.2, 0) is 16.0 Å². The van der Waals surface area contributed by atoms with E-state index in [1.54, 1.807) is 4.90 Å². The van der Waals surface area contributed by atoms with Gasteiger partial charge in [-0.05, 0) is 29.8 Å². The van der Waals surface area contributed by atoms with Gasteiger partial charge in [0.25, 0.3) is 5.91 Å². The number of nitrogens with zero attached hydrogens (tertiary/aromatic N) is 3. The predicted molar refractivity (Wildman–Crippen MR) is 128 cm³/mol. The van der Waals surface area contributed by atoms with Gasteiger partial charge in [0.05, 0.1) is 17.1 Å². The molecule has 1 atom stereocenters. The Kier molecular flexibility index (Phi) is 5.93. The average molecular weight is 477 g/mol. The van der Waals surface area contributed by atoms with E-state index < -0.39 is 23.6 Å². The smallest absolute Gasteiger partial charge is 0.271 e. The van der Waals surface area contributed by atoms with Gasteiger partial charge in [-0.25, -0.2) is 13.8 Å². The van der Waals surface area contributed by atoms with Gasteiger partial charge in [-0.15, -0.1) is 0 Å². The molecular formula is C25H18F2N4O2S. The first-order valence-electron chi connectivity index (χ1n) is 10.5. The zero-order valence-electron chi connectivity index (χ0n) is 17.7. The number of halogens is 2. The van der Waals surface area contributed by atoms with Gasteiger partial charge >= 0.3 is 0 Å². The van der Waals surface area contributed by atoms with E-state index in [1.165, 1.54) is 0 Å². The number of fused-ring (bicyclic) bond motifs is 3. The Bertz CT molecular complexity index is 1340. The lowest BCUT2D eigenvalue weighted by molar-refractivity contribution is -0.119. The number of amides is 2. The summed E-state index contributed by atoms with van der Waals surface area (Å²) >= 11 is 1.11. The highest BCUT2D eigenvalue weighted by Crippen LogP contribution is 2.35. The summed E-state index contributed by atoms with van der Waals surface area (Å²) < 4.78 is 27.3. The molecule has 0 bridgehead atoms. The molecule has 0 aromatic heterocycles. The van der Waals surface area contributed by atoms with Crippen molar-refractivity contribution in [3.05, 3.63) is 95.6 Å². The van der Waals surface area contributed by atoms with Crippen molar-refractivity contribution in [1.29, 1.82) is 0 Å². The first-order valence-corrected chi connectivity index (χ1v) is 11.5. The summed E-state index contributed by atoms with van der Waals surface area (Å²) in [5.41, 5.74) is 2.12. The molecule has 2 aliphatic heterocycles. The van der Waals surface area contributed by atoms with E-state index in [-0.39, 0.29) is 17.3 Å². The number of aliphatic imine (C=N–C) groups is 2. The molecule has 0 fully saturated rings. The van der Waals surface area contributed by atoms with E-state index in [9.17, 15) is 18.4 Å². The zero-order valence-corrected chi connectivity index (χ0v) is 18.6. The summed E-state index contributed by atoms with van der Waals surface area (Å²) in [5, 5.41) is 2.83. The van der Waals surface area contributed by atoms with Crippen LogP contribution in [0.1, 0.15) is 11.1 Å². The van der Waals surface area contributed by atoms with Crippen molar-refractivity contribution in [2.24, 2.45) is 9.98 Å². The molecule has 3 aromatic carbocycles. The van der Waals surface area contributed by atoms with Crippen molar-refractivity contribution in [2.45, 2.75) is 12.5 Å². The Morgan fingerprint density at radius 2 is 1.76 bits per heavy atom. The van der Waals surface area contributed by atoms with Crippen LogP contribution >= 0.6 is 11.8 Å². The van der Waals surface area contributed by atoms with Crippen molar-refractivity contribution in [3.63, 3.8) is 0 Å². The van der Waals surface area contributed by atoms with Crippen molar-refractivity contribution in [2.75, 3.05) is 11.1 Å². The minimum absolute atomic E-state index is 0.118. The molecule has 0 saturated heterocycles. The number of nitrogens with one attached hydrogen (secondary N) is 1. The zero-order chi connectivity index (χ0) is 23.7. The van der Waals surface area contributed by atoms with Gasteiger partial charge in [0.2, 0.25) is 5.91 Å². The minimum Gasteiger partial charge on any atom is -0.323 e.